The van der Waals surface area contributed by atoms with E-state index in [1.165, 1.54) is 16.0 Å². The predicted molar refractivity (Wildman–Crippen MR) is 92.1 cm³/mol. The van der Waals surface area contributed by atoms with Gasteiger partial charge in [-0.05, 0) is 30.2 Å². The highest BCUT2D eigenvalue weighted by Crippen LogP contribution is 2.20. The first-order valence-electron chi connectivity index (χ1n) is 7.58. The SMILES string of the molecule is Cc1ccc(NC(=O)C[NH+]2CCc3ccccc3C2)cc1Br. The van der Waals surface area contributed by atoms with Gasteiger partial charge in [-0.25, -0.2) is 0 Å². The molecule has 0 bridgehead atoms. The Balaban J connectivity index is 1.59. The van der Waals surface area contributed by atoms with Gasteiger partial charge in [0.1, 0.15) is 6.54 Å². The summed E-state index contributed by atoms with van der Waals surface area (Å²) >= 11 is 3.50. The van der Waals surface area contributed by atoms with Gasteiger partial charge in [0.05, 0.1) is 6.54 Å². The maximum atomic E-state index is 12.2. The predicted octanol–water partition coefficient (Wildman–Crippen LogP) is 2.34. The number of hydrogen-bond donors (Lipinski definition) is 2. The summed E-state index contributed by atoms with van der Waals surface area (Å²) in [6.07, 6.45) is 1.05. The lowest BCUT2D eigenvalue weighted by Crippen LogP contribution is -3.12. The van der Waals surface area contributed by atoms with Gasteiger partial charge >= 0.3 is 0 Å². The molecule has 22 heavy (non-hydrogen) atoms. The Bertz CT molecular complexity index is 699. The molecule has 2 aromatic rings. The number of anilines is 1. The molecule has 0 aromatic heterocycles. The van der Waals surface area contributed by atoms with E-state index in [4.69, 9.17) is 0 Å². The van der Waals surface area contributed by atoms with Gasteiger partial charge in [0.15, 0.2) is 6.54 Å². The first kappa shape index (κ1) is 15.3. The summed E-state index contributed by atoms with van der Waals surface area (Å²) in [6, 6.07) is 14.4. The third-order valence-corrected chi connectivity index (χ3v) is 5.03. The van der Waals surface area contributed by atoms with Gasteiger partial charge in [0.2, 0.25) is 0 Å². The summed E-state index contributed by atoms with van der Waals surface area (Å²) in [4.78, 5) is 13.6. The molecule has 0 saturated heterocycles. The van der Waals surface area contributed by atoms with E-state index in [0.717, 1.165) is 35.2 Å². The van der Waals surface area contributed by atoms with Crippen molar-refractivity contribution < 1.29 is 9.69 Å². The molecule has 0 saturated carbocycles. The van der Waals surface area contributed by atoms with E-state index in [2.05, 4.69) is 45.5 Å². The third-order valence-electron chi connectivity index (χ3n) is 4.17. The number of carbonyl (C=O) groups excluding carboxylic acids is 1. The summed E-state index contributed by atoms with van der Waals surface area (Å²) in [5.41, 5.74) is 4.80. The molecule has 1 unspecified atom stereocenters. The Morgan fingerprint density at radius 2 is 2.00 bits per heavy atom. The van der Waals surface area contributed by atoms with Gasteiger partial charge in [-0.1, -0.05) is 46.3 Å². The number of fused-ring (bicyclic) bond motifs is 1. The van der Waals surface area contributed by atoms with E-state index < -0.39 is 0 Å². The van der Waals surface area contributed by atoms with E-state index in [-0.39, 0.29) is 5.91 Å². The van der Waals surface area contributed by atoms with Crippen molar-refractivity contribution in [1.29, 1.82) is 0 Å². The summed E-state index contributed by atoms with van der Waals surface area (Å²) in [5, 5.41) is 2.99. The van der Waals surface area contributed by atoms with Gasteiger partial charge in [0, 0.05) is 22.1 Å². The standard InChI is InChI=1S/C18H19BrN2O/c1-13-6-7-16(10-17(13)19)20-18(22)12-21-9-8-14-4-2-3-5-15(14)11-21/h2-7,10H,8-9,11-12H2,1H3,(H,20,22)/p+1. The highest BCUT2D eigenvalue weighted by atomic mass is 79.9. The lowest BCUT2D eigenvalue weighted by atomic mass is 10.00. The number of amides is 1. The molecule has 4 heteroatoms. The Kier molecular flexibility index (Phi) is 4.60. The fourth-order valence-corrected chi connectivity index (χ4v) is 3.28. The maximum absolute atomic E-state index is 12.2. The fraction of sp³-hybridized carbons (Fsp3) is 0.278. The van der Waals surface area contributed by atoms with Crippen LogP contribution >= 0.6 is 15.9 Å². The molecule has 0 radical (unpaired) electrons. The average Bonchev–Trinajstić information content (AvgIpc) is 2.51. The average molecular weight is 360 g/mol. The van der Waals surface area contributed by atoms with Crippen LogP contribution in [0.2, 0.25) is 0 Å². The van der Waals surface area contributed by atoms with Crippen LogP contribution in [-0.2, 0) is 17.8 Å². The zero-order valence-corrected chi connectivity index (χ0v) is 14.2. The smallest absolute Gasteiger partial charge is 0.279 e. The van der Waals surface area contributed by atoms with Crippen LogP contribution in [0.15, 0.2) is 46.9 Å². The number of quaternary nitrogens is 1. The summed E-state index contributed by atoms with van der Waals surface area (Å²) in [5.74, 6) is 0.0742. The molecule has 114 valence electrons. The number of aryl methyl sites for hydroxylation is 1. The van der Waals surface area contributed by atoms with E-state index in [1.807, 2.05) is 25.1 Å². The van der Waals surface area contributed by atoms with Gasteiger partial charge < -0.3 is 10.2 Å². The summed E-state index contributed by atoms with van der Waals surface area (Å²) in [6.45, 7) is 4.49. The van der Waals surface area contributed by atoms with Crippen molar-refractivity contribution in [3.8, 4) is 0 Å². The van der Waals surface area contributed by atoms with Crippen molar-refractivity contribution in [2.24, 2.45) is 0 Å². The van der Waals surface area contributed by atoms with Crippen LogP contribution in [0.3, 0.4) is 0 Å². The monoisotopic (exact) mass is 359 g/mol. The van der Waals surface area contributed by atoms with E-state index >= 15 is 0 Å². The first-order valence-corrected chi connectivity index (χ1v) is 8.37. The molecule has 1 aliphatic heterocycles. The van der Waals surface area contributed by atoms with E-state index in [9.17, 15) is 4.79 Å². The molecular weight excluding hydrogens is 340 g/mol. The van der Waals surface area contributed by atoms with Crippen molar-refractivity contribution in [1.82, 2.24) is 0 Å². The molecule has 0 spiro atoms. The van der Waals surface area contributed by atoms with E-state index in [0.29, 0.717) is 6.54 Å². The Morgan fingerprint density at radius 3 is 2.77 bits per heavy atom. The molecule has 2 aromatic carbocycles. The van der Waals surface area contributed by atoms with Gasteiger partial charge in [0.25, 0.3) is 5.91 Å². The molecule has 3 rings (SSSR count). The molecule has 1 heterocycles. The quantitative estimate of drug-likeness (QED) is 0.866. The highest BCUT2D eigenvalue weighted by molar-refractivity contribution is 9.10. The van der Waals surface area contributed by atoms with Crippen LogP contribution in [0.5, 0.6) is 0 Å². The molecule has 2 N–H and O–H groups in total. The van der Waals surface area contributed by atoms with Crippen molar-refractivity contribution in [2.75, 3.05) is 18.4 Å². The molecule has 3 nitrogen and oxygen atoms in total. The van der Waals surface area contributed by atoms with Crippen LogP contribution in [0.1, 0.15) is 16.7 Å². The zero-order chi connectivity index (χ0) is 15.5. The topological polar surface area (TPSA) is 33.5 Å². The summed E-state index contributed by atoms with van der Waals surface area (Å²) < 4.78 is 1.02. The van der Waals surface area contributed by atoms with Crippen LogP contribution < -0.4 is 10.2 Å². The van der Waals surface area contributed by atoms with Gasteiger partial charge in [-0.2, -0.15) is 0 Å². The fourth-order valence-electron chi connectivity index (χ4n) is 2.90. The maximum Gasteiger partial charge on any atom is 0.279 e. The number of carbonyl (C=O) groups is 1. The molecule has 1 atom stereocenters. The minimum absolute atomic E-state index is 0.0742. The molecule has 1 aliphatic rings. The molecule has 1 amide bonds. The van der Waals surface area contributed by atoms with Crippen LogP contribution in [0.25, 0.3) is 0 Å². The first-order chi connectivity index (χ1) is 10.6. The largest absolute Gasteiger partial charge is 0.323 e. The van der Waals surface area contributed by atoms with Crippen molar-refractivity contribution in [2.45, 2.75) is 19.9 Å². The van der Waals surface area contributed by atoms with Crippen molar-refractivity contribution in [3.63, 3.8) is 0 Å². The number of rotatable bonds is 3. The van der Waals surface area contributed by atoms with Crippen LogP contribution in [0.4, 0.5) is 5.69 Å². The Hall–Kier alpha value is -1.65. The third kappa shape index (κ3) is 3.57. The Labute approximate surface area is 139 Å². The van der Waals surface area contributed by atoms with Crippen LogP contribution in [-0.4, -0.2) is 19.0 Å². The number of benzene rings is 2. The zero-order valence-electron chi connectivity index (χ0n) is 12.7. The number of nitrogens with one attached hydrogen (secondary N) is 2. The van der Waals surface area contributed by atoms with Crippen LogP contribution in [0, 0.1) is 6.92 Å². The number of halogens is 1. The second kappa shape index (κ2) is 6.63. The lowest BCUT2D eigenvalue weighted by Gasteiger charge is -2.25. The molecule has 0 fully saturated rings. The minimum Gasteiger partial charge on any atom is -0.323 e. The second-order valence-corrected chi connectivity index (χ2v) is 6.74. The normalized spacial score (nSPS) is 16.9. The second-order valence-electron chi connectivity index (χ2n) is 5.88. The van der Waals surface area contributed by atoms with Gasteiger partial charge in [-0.3, -0.25) is 4.79 Å². The lowest BCUT2D eigenvalue weighted by molar-refractivity contribution is -0.907. The summed E-state index contributed by atoms with van der Waals surface area (Å²) in [7, 11) is 0. The van der Waals surface area contributed by atoms with Crippen molar-refractivity contribution in [3.05, 3.63) is 63.6 Å². The van der Waals surface area contributed by atoms with E-state index in [1.54, 1.807) is 0 Å². The number of hydrogen-bond acceptors (Lipinski definition) is 1. The molecule has 0 aliphatic carbocycles. The van der Waals surface area contributed by atoms with Crippen molar-refractivity contribution >= 4 is 27.5 Å². The minimum atomic E-state index is 0.0742. The Morgan fingerprint density at radius 1 is 1.23 bits per heavy atom. The highest BCUT2D eigenvalue weighted by Gasteiger charge is 2.21. The molecular formula is C18H20BrN2O+. The van der Waals surface area contributed by atoms with Gasteiger partial charge in [-0.15, -0.1) is 0 Å².